The van der Waals surface area contributed by atoms with E-state index in [1.807, 2.05) is 5.32 Å². The lowest BCUT2D eigenvalue weighted by Crippen LogP contribution is -2.48. The third-order valence-corrected chi connectivity index (χ3v) is 1.39. The van der Waals surface area contributed by atoms with Crippen LogP contribution in [0.2, 0.25) is 0 Å². The van der Waals surface area contributed by atoms with Gasteiger partial charge in [0.25, 0.3) is 0 Å². The van der Waals surface area contributed by atoms with Gasteiger partial charge in [-0.3, -0.25) is 9.59 Å². The molecule has 80 valence electrons. The number of rotatable bonds is 5. The highest BCUT2D eigenvalue weighted by Crippen LogP contribution is 1.99. The summed E-state index contributed by atoms with van der Waals surface area (Å²) < 4.78 is 0. The predicted molar refractivity (Wildman–Crippen MR) is 43.5 cm³/mol. The van der Waals surface area contributed by atoms with Crippen LogP contribution < -0.4 is 5.32 Å². The average molecular weight is 205 g/mol. The van der Waals surface area contributed by atoms with Crippen LogP contribution in [0.4, 0.5) is 0 Å². The number of carbonyl (C=O) groups excluding carboxylic acids is 1. The molecule has 0 spiro atoms. The van der Waals surface area contributed by atoms with Crippen LogP contribution in [-0.4, -0.2) is 45.3 Å². The molecule has 7 nitrogen and oxygen atoms in total. The van der Waals surface area contributed by atoms with E-state index in [-0.39, 0.29) is 0 Å². The van der Waals surface area contributed by atoms with Crippen molar-refractivity contribution in [3.8, 4) is 0 Å². The largest absolute Gasteiger partial charge is 0.481 e. The van der Waals surface area contributed by atoms with Gasteiger partial charge in [0.15, 0.2) is 6.04 Å². The number of aliphatic hydroxyl groups is 1. The summed E-state index contributed by atoms with van der Waals surface area (Å²) >= 11 is 0. The number of carboxylic acids is 2. The van der Waals surface area contributed by atoms with E-state index < -0.39 is 36.4 Å². The molecule has 0 saturated carbocycles. The van der Waals surface area contributed by atoms with Gasteiger partial charge < -0.3 is 20.6 Å². The summed E-state index contributed by atoms with van der Waals surface area (Å²) in [6.45, 7) is 1.07. The van der Waals surface area contributed by atoms with E-state index in [0.29, 0.717) is 0 Å². The number of hydrogen-bond acceptors (Lipinski definition) is 4. The van der Waals surface area contributed by atoms with Gasteiger partial charge in [-0.25, -0.2) is 4.79 Å². The van der Waals surface area contributed by atoms with Gasteiger partial charge in [-0.1, -0.05) is 0 Å². The maximum atomic E-state index is 10.5. The van der Waals surface area contributed by atoms with Crippen molar-refractivity contribution >= 4 is 17.8 Å². The van der Waals surface area contributed by atoms with Crippen LogP contribution in [0.3, 0.4) is 0 Å². The van der Waals surface area contributed by atoms with Crippen LogP contribution in [0, 0.1) is 0 Å². The Labute approximate surface area is 79.3 Å². The number of nitrogens with one attached hydrogen (secondary N) is 1. The number of amides is 1. The van der Waals surface area contributed by atoms with Gasteiger partial charge >= 0.3 is 11.9 Å². The molecule has 2 atom stereocenters. The first kappa shape index (κ1) is 12.4. The monoisotopic (exact) mass is 205 g/mol. The molecule has 0 aliphatic rings. The molecule has 0 aromatic rings. The maximum Gasteiger partial charge on any atom is 0.328 e. The highest BCUT2D eigenvalue weighted by molar-refractivity contribution is 5.83. The van der Waals surface area contributed by atoms with Crippen molar-refractivity contribution in [2.75, 3.05) is 0 Å². The number of aliphatic carboxylic acids is 2. The minimum absolute atomic E-state index is 0.651. The topological polar surface area (TPSA) is 124 Å². The zero-order valence-corrected chi connectivity index (χ0v) is 7.43. The third-order valence-electron chi connectivity index (χ3n) is 1.39. The summed E-state index contributed by atoms with van der Waals surface area (Å²) in [5.74, 6) is -3.47. The first-order valence-corrected chi connectivity index (χ1v) is 3.74. The molecule has 7 heteroatoms. The Morgan fingerprint density at radius 2 is 1.79 bits per heavy atom. The molecule has 0 aliphatic carbocycles. The lowest BCUT2D eigenvalue weighted by molar-refractivity contribution is -0.147. The summed E-state index contributed by atoms with van der Waals surface area (Å²) in [6, 6.07) is -1.59. The van der Waals surface area contributed by atoms with Crippen LogP contribution >= 0.6 is 0 Å². The van der Waals surface area contributed by atoms with Gasteiger partial charge in [-0.05, 0) is 0 Å². The molecule has 0 aromatic carbocycles. The van der Waals surface area contributed by atoms with Crippen molar-refractivity contribution in [3.63, 3.8) is 0 Å². The molecule has 0 saturated heterocycles. The first-order valence-electron chi connectivity index (χ1n) is 3.74. The normalized spacial score (nSPS) is 14.1. The van der Waals surface area contributed by atoms with E-state index in [4.69, 9.17) is 15.3 Å². The summed E-state index contributed by atoms with van der Waals surface area (Å²) in [6.07, 6.45) is -2.38. The minimum atomic E-state index is -1.64. The average Bonchev–Trinajstić information content (AvgIpc) is 1.97. The zero-order chi connectivity index (χ0) is 11.3. The van der Waals surface area contributed by atoms with E-state index in [1.165, 1.54) is 0 Å². The Morgan fingerprint density at radius 3 is 2.07 bits per heavy atom. The third kappa shape index (κ3) is 4.41. The number of hydrogen-bond donors (Lipinski definition) is 4. The summed E-state index contributed by atoms with van der Waals surface area (Å²) in [5, 5.41) is 27.9. The smallest absolute Gasteiger partial charge is 0.328 e. The van der Waals surface area contributed by atoms with Crippen LogP contribution in [0.25, 0.3) is 0 Å². The highest BCUT2D eigenvalue weighted by Gasteiger charge is 2.28. The molecule has 0 radical (unpaired) electrons. The molecule has 4 N–H and O–H groups in total. The second kappa shape index (κ2) is 5.18. The van der Waals surface area contributed by atoms with Crippen molar-refractivity contribution in [2.24, 2.45) is 0 Å². The van der Waals surface area contributed by atoms with Crippen molar-refractivity contribution in [1.82, 2.24) is 5.32 Å². The van der Waals surface area contributed by atoms with E-state index in [1.54, 1.807) is 0 Å². The molecule has 0 bridgehead atoms. The van der Waals surface area contributed by atoms with Gasteiger partial charge in [0.05, 0.1) is 12.5 Å². The van der Waals surface area contributed by atoms with Crippen LogP contribution in [-0.2, 0) is 14.4 Å². The van der Waals surface area contributed by atoms with Crippen molar-refractivity contribution in [3.05, 3.63) is 0 Å². The van der Waals surface area contributed by atoms with E-state index in [0.717, 1.165) is 6.92 Å². The fourth-order valence-electron chi connectivity index (χ4n) is 0.838. The minimum Gasteiger partial charge on any atom is -0.481 e. The fraction of sp³-hybridized carbons (Fsp3) is 0.571. The van der Waals surface area contributed by atoms with E-state index in [9.17, 15) is 14.4 Å². The van der Waals surface area contributed by atoms with Crippen LogP contribution in [0.5, 0.6) is 0 Å². The molecule has 0 fully saturated rings. The Kier molecular flexibility index (Phi) is 4.57. The second-order valence-electron chi connectivity index (χ2n) is 2.68. The van der Waals surface area contributed by atoms with Gasteiger partial charge in [-0.2, -0.15) is 0 Å². The lowest BCUT2D eigenvalue weighted by atomic mass is 10.1. The standard InChI is InChI=1S/C7H11NO6/c1-3(9)8-6(7(13)14)4(10)2-5(11)12/h4,6,10H,2H2,1H3,(H,8,9)(H,11,12)(H,13,14)/t4?,6-/m0/s1. The Balaban J connectivity index is 4.40. The lowest BCUT2D eigenvalue weighted by Gasteiger charge is -2.17. The van der Waals surface area contributed by atoms with Crippen molar-refractivity contribution < 1.29 is 29.7 Å². The molecule has 1 unspecified atom stereocenters. The highest BCUT2D eigenvalue weighted by atomic mass is 16.4. The van der Waals surface area contributed by atoms with Crippen LogP contribution in [0.1, 0.15) is 13.3 Å². The Morgan fingerprint density at radius 1 is 1.29 bits per heavy atom. The molecule has 0 aromatic heterocycles. The Hall–Kier alpha value is -1.63. The van der Waals surface area contributed by atoms with E-state index in [2.05, 4.69) is 0 Å². The number of carbonyl (C=O) groups is 3. The molecule has 14 heavy (non-hydrogen) atoms. The van der Waals surface area contributed by atoms with E-state index >= 15 is 0 Å². The van der Waals surface area contributed by atoms with Gasteiger partial charge in [0, 0.05) is 6.92 Å². The van der Waals surface area contributed by atoms with Crippen molar-refractivity contribution in [1.29, 1.82) is 0 Å². The zero-order valence-electron chi connectivity index (χ0n) is 7.43. The molecular formula is C7H11NO6. The SMILES string of the molecule is CC(=O)N[C@H](C(=O)O)C(O)CC(=O)O. The Bertz CT molecular complexity index is 251. The van der Waals surface area contributed by atoms with Gasteiger partial charge in [0.1, 0.15) is 0 Å². The quantitative estimate of drug-likeness (QED) is 0.429. The second-order valence-corrected chi connectivity index (χ2v) is 2.68. The van der Waals surface area contributed by atoms with Gasteiger partial charge in [-0.15, -0.1) is 0 Å². The summed E-state index contributed by atoms with van der Waals surface area (Å²) in [7, 11) is 0. The molecule has 0 aliphatic heterocycles. The maximum absolute atomic E-state index is 10.5. The number of carboxylic acid groups (broad SMARTS) is 2. The fourth-order valence-corrected chi connectivity index (χ4v) is 0.838. The molecule has 0 heterocycles. The summed E-state index contributed by atoms with van der Waals surface area (Å²) in [4.78, 5) is 31.2. The van der Waals surface area contributed by atoms with Crippen LogP contribution in [0.15, 0.2) is 0 Å². The molecule has 0 rings (SSSR count). The first-order chi connectivity index (χ1) is 6.34. The predicted octanol–water partition coefficient (Wildman–Crippen LogP) is -1.59. The number of aliphatic hydroxyl groups excluding tert-OH is 1. The van der Waals surface area contributed by atoms with Gasteiger partial charge in [0.2, 0.25) is 5.91 Å². The summed E-state index contributed by atoms with van der Waals surface area (Å²) in [5.41, 5.74) is 0. The molecular weight excluding hydrogens is 194 g/mol. The molecule has 1 amide bonds. The van der Waals surface area contributed by atoms with Crippen molar-refractivity contribution in [2.45, 2.75) is 25.5 Å².